The molecule has 0 atom stereocenters. The minimum Gasteiger partial charge on any atom is -0.465 e. The largest absolute Gasteiger partial charge is 0.465 e. The molecule has 136 valence electrons. The zero-order valence-electron chi connectivity index (χ0n) is 14.9. The van der Waals surface area contributed by atoms with E-state index in [1.165, 1.54) is 0 Å². The Hall–Kier alpha value is -2.73. The first-order chi connectivity index (χ1) is 12.7. The third-order valence-electron chi connectivity index (χ3n) is 4.46. The fraction of sp³-hybridized carbons (Fsp3) is 0.350. The zero-order chi connectivity index (χ0) is 18.4. The Morgan fingerprint density at radius 1 is 1.15 bits per heavy atom. The van der Waals surface area contributed by atoms with Crippen molar-refractivity contribution in [1.29, 1.82) is 0 Å². The van der Waals surface area contributed by atoms with Gasteiger partial charge in [-0.2, -0.15) is 0 Å². The predicted molar refractivity (Wildman–Crippen MR) is 100 cm³/mol. The fourth-order valence-electron chi connectivity index (χ4n) is 3.06. The second-order valence-corrected chi connectivity index (χ2v) is 6.22. The molecule has 6 heteroatoms. The van der Waals surface area contributed by atoms with Crippen molar-refractivity contribution in [3.05, 3.63) is 48.2 Å². The van der Waals surface area contributed by atoms with E-state index in [9.17, 15) is 9.59 Å². The van der Waals surface area contributed by atoms with Crippen molar-refractivity contribution in [2.45, 2.75) is 6.92 Å². The summed E-state index contributed by atoms with van der Waals surface area (Å²) in [5.74, 6) is 0.761. The van der Waals surface area contributed by atoms with Crippen molar-refractivity contribution in [2.75, 3.05) is 44.2 Å². The molecule has 6 nitrogen and oxygen atoms in total. The van der Waals surface area contributed by atoms with Crippen molar-refractivity contribution < 1.29 is 14.3 Å². The Kier molecular flexibility index (Phi) is 5.96. The number of anilines is 1. The summed E-state index contributed by atoms with van der Waals surface area (Å²) >= 11 is 0. The minimum absolute atomic E-state index is 0.166. The van der Waals surface area contributed by atoms with Gasteiger partial charge in [0.05, 0.1) is 13.2 Å². The minimum atomic E-state index is -0.166. The van der Waals surface area contributed by atoms with Crippen LogP contribution in [-0.2, 0) is 9.53 Å². The molecule has 2 heterocycles. The van der Waals surface area contributed by atoms with Crippen molar-refractivity contribution in [3.63, 3.8) is 0 Å². The molecule has 1 saturated heterocycles. The average molecular weight is 353 g/mol. The van der Waals surface area contributed by atoms with Gasteiger partial charge in [0, 0.05) is 43.5 Å². The van der Waals surface area contributed by atoms with E-state index in [4.69, 9.17) is 4.74 Å². The fourth-order valence-corrected chi connectivity index (χ4v) is 3.06. The first-order valence-corrected chi connectivity index (χ1v) is 8.84. The van der Waals surface area contributed by atoms with Crippen molar-refractivity contribution in [3.8, 4) is 11.1 Å². The van der Waals surface area contributed by atoms with Crippen LogP contribution < -0.4 is 4.90 Å². The molecule has 0 spiro atoms. The summed E-state index contributed by atoms with van der Waals surface area (Å²) in [6.07, 6.45) is 2.69. The third kappa shape index (κ3) is 4.46. The Bertz CT molecular complexity index is 753. The number of piperazine rings is 1. The maximum atomic E-state index is 11.6. The molecule has 2 aromatic rings. The first kappa shape index (κ1) is 18.1. The van der Waals surface area contributed by atoms with Crippen LogP contribution in [0, 0.1) is 0 Å². The van der Waals surface area contributed by atoms with Crippen LogP contribution in [0.15, 0.2) is 42.6 Å². The second-order valence-electron chi connectivity index (χ2n) is 6.22. The molecule has 0 aliphatic carbocycles. The normalized spacial score (nSPS) is 14.9. The van der Waals surface area contributed by atoms with Gasteiger partial charge in [0.25, 0.3) is 0 Å². The van der Waals surface area contributed by atoms with Crippen LogP contribution in [0.1, 0.15) is 17.3 Å². The van der Waals surface area contributed by atoms with E-state index < -0.39 is 0 Å². The molecule has 1 fully saturated rings. The lowest BCUT2D eigenvalue weighted by Crippen LogP contribution is -2.48. The Labute approximate surface area is 153 Å². The van der Waals surface area contributed by atoms with Gasteiger partial charge in [-0.1, -0.05) is 18.2 Å². The first-order valence-electron chi connectivity index (χ1n) is 8.84. The molecule has 1 aromatic heterocycles. The van der Waals surface area contributed by atoms with Crippen LogP contribution in [0.5, 0.6) is 0 Å². The smallest absolute Gasteiger partial charge is 0.320 e. The van der Waals surface area contributed by atoms with Crippen LogP contribution in [0.4, 0.5) is 5.82 Å². The molecular weight excluding hydrogens is 330 g/mol. The van der Waals surface area contributed by atoms with E-state index in [1.54, 1.807) is 6.07 Å². The van der Waals surface area contributed by atoms with Gasteiger partial charge in [-0.3, -0.25) is 14.5 Å². The summed E-state index contributed by atoms with van der Waals surface area (Å²) in [6.45, 7) is 5.86. The maximum absolute atomic E-state index is 11.6. The highest BCUT2D eigenvalue weighted by molar-refractivity contribution is 5.78. The van der Waals surface area contributed by atoms with Gasteiger partial charge in [-0.25, -0.2) is 4.98 Å². The molecule has 1 aromatic carbocycles. The van der Waals surface area contributed by atoms with Crippen LogP contribution in [-0.4, -0.2) is 61.5 Å². The van der Waals surface area contributed by atoms with E-state index in [-0.39, 0.29) is 5.97 Å². The van der Waals surface area contributed by atoms with E-state index in [0.29, 0.717) is 18.7 Å². The third-order valence-corrected chi connectivity index (χ3v) is 4.46. The molecule has 0 radical (unpaired) electrons. The topological polar surface area (TPSA) is 62.7 Å². The number of nitrogens with zero attached hydrogens (tertiary/aromatic N) is 3. The number of esters is 1. The SMILES string of the molecule is CCOC(=O)CN1CCN(c2ccc(-c3cccc(C=O)c3)cn2)CC1. The van der Waals surface area contributed by atoms with E-state index in [2.05, 4.69) is 14.8 Å². The second kappa shape index (κ2) is 8.58. The van der Waals surface area contributed by atoms with E-state index in [1.807, 2.05) is 43.5 Å². The molecule has 0 N–H and O–H groups in total. The van der Waals surface area contributed by atoms with Gasteiger partial charge in [-0.15, -0.1) is 0 Å². The monoisotopic (exact) mass is 353 g/mol. The Morgan fingerprint density at radius 2 is 1.96 bits per heavy atom. The van der Waals surface area contributed by atoms with Gasteiger partial charge in [0.15, 0.2) is 0 Å². The van der Waals surface area contributed by atoms with Gasteiger partial charge >= 0.3 is 5.97 Å². The van der Waals surface area contributed by atoms with Crippen molar-refractivity contribution in [2.24, 2.45) is 0 Å². The number of pyridine rings is 1. The molecular formula is C20H23N3O3. The highest BCUT2D eigenvalue weighted by atomic mass is 16.5. The van der Waals surface area contributed by atoms with Crippen LogP contribution in [0.25, 0.3) is 11.1 Å². The van der Waals surface area contributed by atoms with Gasteiger partial charge in [-0.05, 0) is 30.7 Å². The number of rotatable bonds is 6. The van der Waals surface area contributed by atoms with Gasteiger partial charge in [0.1, 0.15) is 12.1 Å². The van der Waals surface area contributed by atoms with Crippen molar-refractivity contribution in [1.82, 2.24) is 9.88 Å². The molecule has 26 heavy (non-hydrogen) atoms. The number of aromatic nitrogens is 1. The quantitative estimate of drug-likeness (QED) is 0.586. The van der Waals surface area contributed by atoms with Crippen LogP contribution in [0.3, 0.4) is 0 Å². The molecule has 0 amide bonds. The molecule has 3 rings (SSSR count). The van der Waals surface area contributed by atoms with Gasteiger partial charge < -0.3 is 9.64 Å². The maximum Gasteiger partial charge on any atom is 0.320 e. The van der Waals surface area contributed by atoms with E-state index in [0.717, 1.165) is 49.4 Å². The van der Waals surface area contributed by atoms with Gasteiger partial charge in [0.2, 0.25) is 0 Å². The lowest BCUT2D eigenvalue weighted by molar-refractivity contribution is -0.144. The molecule has 0 bridgehead atoms. The molecule has 1 aliphatic rings. The molecule has 0 unspecified atom stereocenters. The number of carbonyl (C=O) groups is 2. The Balaban J connectivity index is 1.59. The van der Waals surface area contributed by atoms with Crippen molar-refractivity contribution >= 4 is 18.1 Å². The summed E-state index contributed by atoms with van der Waals surface area (Å²) in [5, 5.41) is 0. The lowest BCUT2D eigenvalue weighted by Gasteiger charge is -2.34. The number of aldehydes is 1. The Morgan fingerprint density at radius 3 is 2.62 bits per heavy atom. The average Bonchev–Trinajstić information content (AvgIpc) is 2.69. The summed E-state index contributed by atoms with van der Waals surface area (Å²) < 4.78 is 5.00. The summed E-state index contributed by atoms with van der Waals surface area (Å²) in [5.41, 5.74) is 2.62. The lowest BCUT2D eigenvalue weighted by atomic mass is 10.1. The van der Waals surface area contributed by atoms with Crippen LogP contribution >= 0.6 is 0 Å². The van der Waals surface area contributed by atoms with Crippen LogP contribution in [0.2, 0.25) is 0 Å². The summed E-state index contributed by atoms with van der Waals surface area (Å²) in [7, 11) is 0. The standard InChI is InChI=1S/C20H23N3O3/c1-2-26-20(25)14-22-8-10-23(11-9-22)19-7-6-18(13-21-19)17-5-3-4-16(12-17)15-24/h3-7,12-13,15H,2,8-11,14H2,1H3. The zero-order valence-corrected chi connectivity index (χ0v) is 14.9. The number of ether oxygens (including phenoxy) is 1. The molecule has 0 saturated carbocycles. The van der Waals surface area contributed by atoms with E-state index >= 15 is 0 Å². The highest BCUT2D eigenvalue weighted by Gasteiger charge is 2.20. The number of benzene rings is 1. The summed E-state index contributed by atoms with van der Waals surface area (Å²) in [4.78, 5) is 31.4. The highest BCUT2D eigenvalue weighted by Crippen LogP contribution is 2.22. The number of carbonyl (C=O) groups excluding carboxylic acids is 2. The molecule has 1 aliphatic heterocycles. The number of hydrogen-bond acceptors (Lipinski definition) is 6. The predicted octanol–water partition coefficient (Wildman–Crippen LogP) is 2.25. The summed E-state index contributed by atoms with van der Waals surface area (Å²) in [6, 6.07) is 11.5. The number of hydrogen-bond donors (Lipinski definition) is 0.